The number of hydrogen-bond acceptors (Lipinski definition) is 4. The molecule has 1 aromatic heterocycles. The van der Waals surface area contributed by atoms with Gasteiger partial charge < -0.3 is 10.6 Å². The molecule has 0 aliphatic carbocycles. The third-order valence-electron chi connectivity index (χ3n) is 3.55. The number of H-pyrrole nitrogens is 1. The molecule has 2 rings (SSSR count). The highest BCUT2D eigenvalue weighted by Gasteiger charge is 2.25. The number of anilines is 1. The van der Waals surface area contributed by atoms with Gasteiger partial charge in [0.1, 0.15) is 5.82 Å². The van der Waals surface area contributed by atoms with E-state index in [0.717, 1.165) is 19.5 Å². The lowest BCUT2D eigenvalue weighted by atomic mass is 10.1. The SMILES string of the molecule is CC(C)N1CCC(Cn2c(N)cc(=O)[nH]c2=O)C1. The van der Waals surface area contributed by atoms with E-state index in [1.807, 2.05) is 0 Å². The largest absolute Gasteiger partial charge is 0.385 e. The molecule has 0 radical (unpaired) electrons. The van der Waals surface area contributed by atoms with E-state index in [1.54, 1.807) is 0 Å². The first-order valence-electron chi connectivity index (χ1n) is 6.31. The monoisotopic (exact) mass is 252 g/mol. The summed E-state index contributed by atoms with van der Waals surface area (Å²) in [5, 5.41) is 0. The molecule has 1 aliphatic rings. The lowest BCUT2D eigenvalue weighted by Gasteiger charge is -2.20. The number of aromatic amines is 1. The Hall–Kier alpha value is -1.56. The molecule has 1 aliphatic heterocycles. The van der Waals surface area contributed by atoms with Gasteiger partial charge in [0.25, 0.3) is 5.56 Å². The van der Waals surface area contributed by atoms with Gasteiger partial charge in [-0.15, -0.1) is 0 Å². The van der Waals surface area contributed by atoms with Gasteiger partial charge in [-0.3, -0.25) is 14.3 Å². The minimum absolute atomic E-state index is 0.242. The number of aromatic nitrogens is 2. The molecule has 0 amide bonds. The van der Waals surface area contributed by atoms with Gasteiger partial charge in [-0.05, 0) is 32.7 Å². The molecule has 3 N–H and O–H groups in total. The van der Waals surface area contributed by atoms with E-state index in [0.29, 0.717) is 18.5 Å². The van der Waals surface area contributed by atoms with Crippen LogP contribution in [0.15, 0.2) is 15.7 Å². The van der Waals surface area contributed by atoms with Gasteiger partial charge in [-0.2, -0.15) is 0 Å². The second-order valence-corrected chi connectivity index (χ2v) is 5.22. The fourth-order valence-corrected chi connectivity index (χ4v) is 2.47. The number of nitrogen functional groups attached to an aromatic ring is 1. The zero-order valence-electron chi connectivity index (χ0n) is 10.8. The maximum atomic E-state index is 11.7. The number of hydrogen-bond donors (Lipinski definition) is 2. The van der Waals surface area contributed by atoms with E-state index in [1.165, 1.54) is 10.6 Å². The predicted molar refractivity (Wildman–Crippen MR) is 70.6 cm³/mol. The van der Waals surface area contributed by atoms with Crippen LogP contribution in [0, 0.1) is 5.92 Å². The van der Waals surface area contributed by atoms with Gasteiger partial charge >= 0.3 is 5.69 Å². The topological polar surface area (TPSA) is 84.1 Å². The molecule has 1 fully saturated rings. The van der Waals surface area contributed by atoms with Crippen molar-refractivity contribution in [2.75, 3.05) is 18.8 Å². The average Bonchev–Trinajstić information content (AvgIpc) is 2.71. The quantitative estimate of drug-likeness (QED) is 0.783. The Labute approximate surface area is 105 Å². The van der Waals surface area contributed by atoms with Gasteiger partial charge in [-0.1, -0.05) is 0 Å². The highest BCUT2D eigenvalue weighted by atomic mass is 16.2. The lowest BCUT2D eigenvalue weighted by Crippen LogP contribution is -2.34. The van der Waals surface area contributed by atoms with Crippen LogP contribution in [0.4, 0.5) is 5.82 Å². The molecule has 1 atom stereocenters. The molecule has 0 spiro atoms. The summed E-state index contributed by atoms with van der Waals surface area (Å²) < 4.78 is 1.45. The maximum absolute atomic E-state index is 11.7. The Morgan fingerprint density at radius 3 is 2.78 bits per heavy atom. The van der Waals surface area contributed by atoms with E-state index < -0.39 is 11.2 Å². The van der Waals surface area contributed by atoms with Gasteiger partial charge in [0.15, 0.2) is 0 Å². The molecular weight excluding hydrogens is 232 g/mol. The molecule has 18 heavy (non-hydrogen) atoms. The summed E-state index contributed by atoms with van der Waals surface area (Å²) in [5.74, 6) is 0.657. The van der Waals surface area contributed by atoms with E-state index in [4.69, 9.17) is 5.73 Å². The Morgan fingerprint density at radius 1 is 1.50 bits per heavy atom. The number of nitrogens with zero attached hydrogens (tertiary/aromatic N) is 2. The van der Waals surface area contributed by atoms with Gasteiger partial charge in [0, 0.05) is 25.2 Å². The number of likely N-dealkylation sites (tertiary alicyclic amines) is 1. The van der Waals surface area contributed by atoms with Crippen LogP contribution in [0.25, 0.3) is 0 Å². The Morgan fingerprint density at radius 2 is 2.22 bits per heavy atom. The summed E-state index contributed by atoms with van der Waals surface area (Å²) in [4.78, 5) is 27.4. The fourth-order valence-electron chi connectivity index (χ4n) is 2.47. The second kappa shape index (κ2) is 4.97. The van der Waals surface area contributed by atoms with Crippen molar-refractivity contribution in [3.8, 4) is 0 Å². The molecule has 0 aromatic carbocycles. The van der Waals surface area contributed by atoms with Crippen molar-refractivity contribution in [1.82, 2.24) is 14.5 Å². The molecule has 0 bridgehead atoms. The van der Waals surface area contributed by atoms with E-state index >= 15 is 0 Å². The molecule has 2 heterocycles. The summed E-state index contributed by atoms with van der Waals surface area (Å²) in [6.45, 7) is 6.94. The van der Waals surface area contributed by atoms with Crippen molar-refractivity contribution in [2.45, 2.75) is 32.9 Å². The highest BCUT2D eigenvalue weighted by Crippen LogP contribution is 2.20. The lowest BCUT2D eigenvalue weighted by molar-refractivity contribution is 0.260. The predicted octanol–water partition coefficient (Wildman–Crippen LogP) is -0.151. The molecule has 0 saturated carbocycles. The van der Waals surface area contributed by atoms with Crippen LogP contribution in [0.3, 0.4) is 0 Å². The average molecular weight is 252 g/mol. The Bertz CT molecular complexity index is 532. The third kappa shape index (κ3) is 2.64. The van der Waals surface area contributed by atoms with Crippen molar-refractivity contribution in [1.29, 1.82) is 0 Å². The summed E-state index contributed by atoms with van der Waals surface area (Å²) in [5.41, 5.74) is 4.87. The third-order valence-corrected chi connectivity index (χ3v) is 3.55. The molecule has 6 heteroatoms. The summed E-state index contributed by atoms with van der Waals surface area (Å²) in [6.07, 6.45) is 1.06. The van der Waals surface area contributed by atoms with Gasteiger partial charge in [0.2, 0.25) is 0 Å². The number of nitrogens with two attached hydrogens (primary N) is 1. The first kappa shape index (κ1) is 12.9. The molecular formula is C12H20N4O2. The number of rotatable bonds is 3. The van der Waals surface area contributed by atoms with Crippen LogP contribution >= 0.6 is 0 Å². The van der Waals surface area contributed by atoms with Crippen molar-refractivity contribution < 1.29 is 0 Å². The first-order chi connectivity index (χ1) is 8.47. The van der Waals surface area contributed by atoms with Crippen molar-refractivity contribution in [3.05, 3.63) is 26.9 Å². The maximum Gasteiger partial charge on any atom is 0.329 e. The Kier molecular flexibility index (Phi) is 3.56. The van der Waals surface area contributed by atoms with Crippen LogP contribution in [-0.2, 0) is 6.54 Å². The van der Waals surface area contributed by atoms with Crippen molar-refractivity contribution in [3.63, 3.8) is 0 Å². The minimum Gasteiger partial charge on any atom is -0.385 e. The molecule has 100 valence electrons. The van der Waals surface area contributed by atoms with Crippen LogP contribution < -0.4 is 17.0 Å². The van der Waals surface area contributed by atoms with E-state index in [9.17, 15) is 9.59 Å². The van der Waals surface area contributed by atoms with Crippen LogP contribution in [0.5, 0.6) is 0 Å². The minimum atomic E-state index is -0.441. The Balaban J connectivity index is 2.12. The normalized spacial score (nSPS) is 20.7. The van der Waals surface area contributed by atoms with Gasteiger partial charge in [-0.25, -0.2) is 4.79 Å². The standard InChI is InChI=1S/C12H20N4O2/c1-8(2)15-4-3-9(6-15)7-16-10(13)5-11(17)14-12(16)18/h5,8-9H,3-4,6-7,13H2,1-2H3,(H,14,17,18). The molecule has 6 nitrogen and oxygen atoms in total. The van der Waals surface area contributed by atoms with E-state index in [-0.39, 0.29) is 5.82 Å². The van der Waals surface area contributed by atoms with Crippen LogP contribution in [0.1, 0.15) is 20.3 Å². The number of nitrogens with one attached hydrogen (secondary N) is 1. The fraction of sp³-hybridized carbons (Fsp3) is 0.667. The zero-order chi connectivity index (χ0) is 13.3. The second-order valence-electron chi connectivity index (χ2n) is 5.22. The van der Waals surface area contributed by atoms with Gasteiger partial charge in [0.05, 0.1) is 0 Å². The molecule has 1 saturated heterocycles. The molecule has 1 aromatic rings. The summed E-state index contributed by atoms with van der Waals surface area (Å²) >= 11 is 0. The van der Waals surface area contributed by atoms with Crippen LogP contribution in [0.2, 0.25) is 0 Å². The summed E-state index contributed by atoms with van der Waals surface area (Å²) in [6, 6.07) is 1.79. The zero-order valence-corrected chi connectivity index (χ0v) is 10.8. The highest BCUT2D eigenvalue weighted by molar-refractivity contribution is 5.26. The summed E-state index contributed by atoms with van der Waals surface area (Å²) in [7, 11) is 0. The first-order valence-corrected chi connectivity index (χ1v) is 6.31. The smallest absolute Gasteiger partial charge is 0.329 e. The van der Waals surface area contributed by atoms with Crippen molar-refractivity contribution >= 4 is 5.82 Å². The van der Waals surface area contributed by atoms with Crippen molar-refractivity contribution in [2.24, 2.45) is 5.92 Å². The molecule has 1 unspecified atom stereocenters. The van der Waals surface area contributed by atoms with E-state index in [2.05, 4.69) is 23.7 Å². The van der Waals surface area contributed by atoms with Crippen LogP contribution in [-0.4, -0.2) is 33.6 Å².